The van der Waals surface area contributed by atoms with Gasteiger partial charge in [-0.05, 0) is 18.6 Å². The number of nitrogen functional groups attached to an aromatic ring is 1. The van der Waals surface area contributed by atoms with Crippen molar-refractivity contribution < 1.29 is 0 Å². The Morgan fingerprint density at radius 3 is 3.00 bits per heavy atom. The lowest BCUT2D eigenvalue weighted by molar-refractivity contribution is 0.894. The monoisotopic (exact) mass is 175 g/mol. The number of aromatic nitrogens is 2. The van der Waals surface area contributed by atoms with E-state index in [0.29, 0.717) is 0 Å². The predicted octanol–water partition coefficient (Wildman–Crippen LogP) is 1.87. The number of imidazole rings is 1. The van der Waals surface area contributed by atoms with Crippen LogP contribution < -0.4 is 5.73 Å². The van der Waals surface area contributed by atoms with Crippen LogP contribution in [0.2, 0.25) is 0 Å². The highest BCUT2D eigenvalue weighted by atomic mass is 15.0. The van der Waals surface area contributed by atoms with E-state index in [4.69, 9.17) is 5.73 Å². The Morgan fingerprint density at radius 2 is 2.31 bits per heavy atom. The fraction of sp³-hybridized carbons (Fsp3) is 0.300. The molecule has 0 aromatic carbocycles. The molecule has 2 heterocycles. The molecule has 0 radical (unpaired) electrons. The third-order valence-electron chi connectivity index (χ3n) is 2.08. The number of anilines is 1. The van der Waals surface area contributed by atoms with Crippen molar-refractivity contribution in [3.8, 4) is 0 Å². The second kappa shape index (κ2) is 3.09. The Bertz CT molecular complexity index is 417. The molecule has 0 amide bonds. The van der Waals surface area contributed by atoms with Gasteiger partial charge in [0.2, 0.25) is 0 Å². The second-order valence-electron chi connectivity index (χ2n) is 3.16. The van der Waals surface area contributed by atoms with Crippen LogP contribution >= 0.6 is 0 Å². The molecule has 2 aromatic rings. The fourth-order valence-corrected chi connectivity index (χ4v) is 1.46. The van der Waals surface area contributed by atoms with E-state index in [0.717, 1.165) is 30.0 Å². The third-order valence-corrected chi connectivity index (χ3v) is 2.08. The van der Waals surface area contributed by atoms with Gasteiger partial charge in [-0.1, -0.05) is 19.4 Å². The molecular weight excluding hydrogens is 162 g/mol. The van der Waals surface area contributed by atoms with Crippen molar-refractivity contribution in [3.05, 3.63) is 30.1 Å². The molecule has 2 rings (SSSR count). The molecule has 68 valence electrons. The van der Waals surface area contributed by atoms with Gasteiger partial charge in [0.25, 0.3) is 0 Å². The average molecular weight is 175 g/mol. The molecule has 2 aromatic heterocycles. The summed E-state index contributed by atoms with van der Waals surface area (Å²) in [5.74, 6) is 0.743. The van der Waals surface area contributed by atoms with Crippen molar-refractivity contribution in [1.82, 2.24) is 9.38 Å². The number of rotatable bonds is 2. The van der Waals surface area contributed by atoms with Gasteiger partial charge in [-0.2, -0.15) is 0 Å². The van der Waals surface area contributed by atoms with Gasteiger partial charge in [0.15, 0.2) is 0 Å². The van der Waals surface area contributed by atoms with Crippen molar-refractivity contribution in [2.75, 3.05) is 5.73 Å². The average Bonchev–Trinajstić information content (AvgIpc) is 2.49. The number of fused-ring (bicyclic) bond motifs is 1. The zero-order valence-electron chi connectivity index (χ0n) is 7.70. The number of aryl methyl sites for hydroxylation is 1. The summed E-state index contributed by atoms with van der Waals surface area (Å²) >= 11 is 0. The van der Waals surface area contributed by atoms with Crippen LogP contribution in [0.1, 0.15) is 19.0 Å². The Balaban J connectivity index is 2.55. The van der Waals surface area contributed by atoms with Gasteiger partial charge in [-0.25, -0.2) is 4.98 Å². The SMILES string of the molecule is CCCc1cn2c(N)cccc2n1. The van der Waals surface area contributed by atoms with Crippen molar-refractivity contribution in [2.24, 2.45) is 0 Å². The van der Waals surface area contributed by atoms with Gasteiger partial charge in [0, 0.05) is 6.20 Å². The van der Waals surface area contributed by atoms with Crippen molar-refractivity contribution in [2.45, 2.75) is 19.8 Å². The van der Waals surface area contributed by atoms with Crippen LogP contribution in [0.5, 0.6) is 0 Å². The number of nitrogens with two attached hydrogens (primary N) is 1. The highest BCUT2D eigenvalue weighted by Crippen LogP contribution is 2.11. The Hall–Kier alpha value is -1.51. The summed E-state index contributed by atoms with van der Waals surface area (Å²) in [6, 6.07) is 5.77. The summed E-state index contributed by atoms with van der Waals surface area (Å²) in [4.78, 5) is 4.45. The molecule has 2 N–H and O–H groups in total. The first kappa shape index (κ1) is 8.10. The van der Waals surface area contributed by atoms with Gasteiger partial charge in [0.05, 0.1) is 5.69 Å². The summed E-state index contributed by atoms with van der Waals surface area (Å²) < 4.78 is 1.92. The van der Waals surface area contributed by atoms with E-state index in [-0.39, 0.29) is 0 Å². The summed E-state index contributed by atoms with van der Waals surface area (Å²) in [5, 5.41) is 0. The van der Waals surface area contributed by atoms with E-state index in [1.807, 2.05) is 28.8 Å². The van der Waals surface area contributed by atoms with E-state index >= 15 is 0 Å². The minimum Gasteiger partial charge on any atom is -0.385 e. The summed E-state index contributed by atoms with van der Waals surface area (Å²) in [5.41, 5.74) is 7.83. The van der Waals surface area contributed by atoms with Gasteiger partial charge in [-0.3, -0.25) is 4.40 Å². The summed E-state index contributed by atoms with van der Waals surface area (Å²) in [6.45, 7) is 2.15. The van der Waals surface area contributed by atoms with Gasteiger partial charge < -0.3 is 5.73 Å². The number of hydrogen-bond donors (Lipinski definition) is 1. The maximum atomic E-state index is 5.79. The molecule has 0 fully saturated rings. The Kier molecular flexibility index (Phi) is 1.93. The van der Waals surface area contributed by atoms with E-state index in [2.05, 4.69) is 11.9 Å². The quantitative estimate of drug-likeness (QED) is 0.757. The molecule has 3 heteroatoms. The van der Waals surface area contributed by atoms with Crippen LogP contribution in [-0.2, 0) is 6.42 Å². The fourth-order valence-electron chi connectivity index (χ4n) is 1.46. The zero-order valence-corrected chi connectivity index (χ0v) is 7.70. The van der Waals surface area contributed by atoms with Crippen LogP contribution in [0.25, 0.3) is 5.65 Å². The van der Waals surface area contributed by atoms with Crippen LogP contribution in [0.4, 0.5) is 5.82 Å². The highest BCUT2D eigenvalue weighted by Gasteiger charge is 2.01. The molecular formula is C10H13N3. The maximum Gasteiger partial charge on any atom is 0.138 e. The number of pyridine rings is 1. The molecule has 0 spiro atoms. The Labute approximate surface area is 77.2 Å². The Morgan fingerprint density at radius 1 is 1.46 bits per heavy atom. The minimum absolute atomic E-state index is 0.743. The largest absolute Gasteiger partial charge is 0.385 e. The van der Waals surface area contributed by atoms with E-state index in [1.165, 1.54) is 0 Å². The lowest BCUT2D eigenvalue weighted by Gasteiger charge is -1.95. The first-order chi connectivity index (χ1) is 6.31. The smallest absolute Gasteiger partial charge is 0.138 e. The van der Waals surface area contributed by atoms with Crippen molar-refractivity contribution in [3.63, 3.8) is 0 Å². The van der Waals surface area contributed by atoms with E-state index in [9.17, 15) is 0 Å². The normalized spacial score (nSPS) is 10.8. The molecule has 3 nitrogen and oxygen atoms in total. The molecule has 0 atom stereocenters. The predicted molar refractivity (Wildman–Crippen MR) is 53.6 cm³/mol. The van der Waals surface area contributed by atoms with Crippen molar-refractivity contribution >= 4 is 11.5 Å². The van der Waals surface area contributed by atoms with Crippen LogP contribution in [0, 0.1) is 0 Å². The van der Waals surface area contributed by atoms with Gasteiger partial charge >= 0.3 is 0 Å². The lowest BCUT2D eigenvalue weighted by Crippen LogP contribution is -1.93. The molecule has 0 unspecified atom stereocenters. The second-order valence-corrected chi connectivity index (χ2v) is 3.16. The standard InChI is InChI=1S/C10H13N3/c1-2-4-8-7-13-9(11)5-3-6-10(13)12-8/h3,5-7H,2,4,11H2,1H3. The molecule has 0 aliphatic heterocycles. The van der Waals surface area contributed by atoms with Crippen molar-refractivity contribution in [1.29, 1.82) is 0 Å². The number of nitrogens with zero attached hydrogens (tertiary/aromatic N) is 2. The minimum atomic E-state index is 0.743. The highest BCUT2D eigenvalue weighted by molar-refractivity contribution is 5.48. The summed E-state index contributed by atoms with van der Waals surface area (Å²) in [6.07, 6.45) is 4.14. The maximum absolute atomic E-state index is 5.79. The van der Waals surface area contributed by atoms with Crippen LogP contribution in [0.3, 0.4) is 0 Å². The molecule has 13 heavy (non-hydrogen) atoms. The lowest BCUT2D eigenvalue weighted by atomic mass is 10.3. The molecule has 0 aliphatic rings. The first-order valence-electron chi connectivity index (χ1n) is 4.53. The number of hydrogen-bond acceptors (Lipinski definition) is 2. The molecule has 0 aliphatic carbocycles. The third kappa shape index (κ3) is 1.37. The van der Waals surface area contributed by atoms with E-state index in [1.54, 1.807) is 0 Å². The molecule has 0 bridgehead atoms. The van der Waals surface area contributed by atoms with E-state index < -0.39 is 0 Å². The summed E-state index contributed by atoms with van der Waals surface area (Å²) in [7, 11) is 0. The van der Waals surface area contributed by atoms with Crippen LogP contribution in [-0.4, -0.2) is 9.38 Å². The van der Waals surface area contributed by atoms with Gasteiger partial charge in [-0.15, -0.1) is 0 Å². The van der Waals surface area contributed by atoms with Crippen LogP contribution in [0.15, 0.2) is 24.4 Å². The molecule has 0 saturated heterocycles. The first-order valence-corrected chi connectivity index (χ1v) is 4.53. The topological polar surface area (TPSA) is 43.3 Å². The molecule has 0 saturated carbocycles. The van der Waals surface area contributed by atoms with Gasteiger partial charge in [0.1, 0.15) is 11.5 Å². The zero-order chi connectivity index (χ0) is 9.26.